The van der Waals surface area contributed by atoms with Gasteiger partial charge in [-0.25, -0.2) is 0 Å². The third-order valence-electron chi connectivity index (χ3n) is 3.02. The predicted molar refractivity (Wildman–Crippen MR) is 59.3 cm³/mol. The third-order valence-corrected chi connectivity index (χ3v) is 3.02. The van der Waals surface area contributed by atoms with Crippen molar-refractivity contribution in [2.75, 3.05) is 13.1 Å². The topological polar surface area (TPSA) is 49.4 Å². The molecule has 2 aliphatic rings. The van der Waals surface area contributed by atoms with Crippen LogP contribution in [0.15, 0.2) is 0 Å². The number of nitrogens with zero attached hydrogens (tertiary/aromatic N) is 1. The lowest BCUT2D eigenvalue weighted by molar-refractivity contribution is -0.128. The molecule has 0 aromatic rings. The second kappa shape index (κ2) is 4.56. The van der Waals surface area contributed by atoms with E-state index in [9.17, 15) is 9.59 Å². The van der Waals surface area contributed by atoms with Crippen molar-refractivity contribution in [3.05, 3.63) is 0 Å². The Bertz CT molecular complexity index is 363. The van der Waals surface area contributed by atoms with Crippen molar-refractivity contribution in [2.24, 2.45) is 5.92 Å². The fourth-order valence-electron chi connectivity index (χ4n) is 2.08. The number of hydrogen-bond acceptors (Lipinski definition) is 2. The van der Waals surface area contributed by atoms with Crippen LogP contribution >= 0.6 is 0 Å². The lowest BCUT2D eigenvalue weighted by atomic mass is 10.1. The molecule has 1 saturated carbocycles. The summed E-state index contributed by atoms with van der Waals surface area (Å²) in [6, 6.07) is 0.489. The summed E-state index contributed by atoms with van der Waals surface area (Å²) in [6.07, 6.45) is 2.86. The van der Waals surface area contributed by atoms with Crippen LogP contribution in [0, 0.1) is 17.8 Å². The largest absolute Gasteiger partial charge is 0.345 e. The molecule has 86 valence electrons. The van der Waals surface area contributed by atoms with Gasteiger partial charge >= 0.3 is 0 Å². The number of carbonyl (C=O) groups excluding carboxylic acids is 2. The molecule has 0 radical (unpaired) electrons. The van der Waals surface area contributed by atoms with Crippen LogP contribution in [0.3, 0.4) is 0 Å². The van der Waals surface area contributed by atoms with Gasteiger partial charge in [-0.2, -0.15) is 0 Å². The molecule has 1 aliphatic carbocycles. The quantitative estimate of drug-likeness (QED) is 0.688. The van der Waals surface area contributed by atoms with Gasteiger partial charge in [0.05, 0.1) is 0 Å². The predicted octanol–water partition coefficient (Wildman–Crippen LogP) is 0.137. The summed E-state index contributed by atoms with van der Waals surface area (Å²) in [6.45, 7) is 2.99. The zero-order chi connectivity index (χ0) is 11.5. The van der Waals surface area contributed by atoms with Gasteiger partial charge in [0.1, 0.15) is 0 Å². The molecule has 0 spiro atoms. The van der Waals surface area contributed by atoms with Crippen LogP contribution in [0.1, 0.15) is 26.2 Å². The minimum absolute atomic E-state index is 0.239. The minimum atomic E-state index is -0.250. The van der Waals surface area contributed by atoms with Crippen LogP contribution in [-0.2, 0) is 9.59 Å². The molecular formula is C12H16N2O2. The second-order valence-electron chi connectivity index (χ2n) is 4.43. The smallest absolute Gasteiger partial charge is 0.295 e. The molecule has 1 unspecified atom stereocenters. The molecule has 1 atom stereocenters. The monoisotopic (exact) mass is 220 g/mol. The minimum Gasteiger partial charge on any atom is -0.345 e. The summed E-state index contributed by atoms with van der Waals surface area (Å²) in [5, 5.41) is 2.73. The zero-order valence-electron chi connectivity index (χ0n) is 9.45. The van der Waals surface area contributed by atoms with E-state index >= 15 is 0 Å². The maximum atomic E-state index is 11.6. The Labute approximate surface area is 95.4 Å². The Kier molecular flexibility index (Phi) is 3.14. The van der Waals surface area contributed by atoms with E-state index in [-0.39, 0.29) is 17.7 Å². The highest BCUT2D eigenvalue weighted by Gasteiger charge is 2.39. The number of hydrogen-bond donors (Lipinski definition) is 1. The second-order valence-corrected chi connectivity index (χ2v) is 4.43. The molecule has 1 saturated heterocycles. The maximum Gasteiger partial charge on any atom is 0.295 e. The molecule has 4 heteroatoms. The SMILES string of the molecule is CC#CC(=O)NCC1CC(=O)N(C2CC2)C1. The van der Waals surface area contributed by atoms with E-state index in [1.54, 1.807) is 6.92 Å². The molecule has 1 aliphatic heterocycles. The Morgan fingerprint density at radius 2 is 2.31 bits per heavy atom. The first-order valence-corrected chi connectivity index (χ1v) is 5.70. The molecule has 2 rings (SSSR count). The van der Waals surface area contributed by atoms with Crippen molar-refractivity contribution in [2.45, 2.75) is 32.2 Å². The summed E-state index contributed by atoms with van der Waals surface area (Å²) in [5.74, 6) is 5.23. The lowest BCUT2D eigenvalue weighted by Gasteiger charge is -2.15. The van der Waals surface area contributed by atoms with Gasteiger partial charge in [0, 0.05) is 31.5 Å². The molecule has 4 nitrogen and oxygen atoms in total. The van der Waals surface area contributed by atoms with Crippen LogP contribution < -0.4 is 5.32 Å². The Balaban J connectivity index is 1.77. The van der Waals surface area contributed by atoms with Gasteiger partial charge in [0.15, 0.2) is 0 Å². The number of amides is 2. The van der Waals surface area contributed by atoms with Gasteiger partial charge in [-0.05, 0) is 25.7 Å². The van der Waals surface area contributed by atoms with E-state index < -0.39 is 0 Å². The molecule has 1 N–H and O–H groups in total. The number of likely N-dealkylation sites (tertiary alicyclic amines) is 1. The van der Waals surface area contributed by atoms with Crippen LogP contribution in [0.2, 0.25) is 0 Å². The third kappa shape index (κ3) is 2.54. The average molecular weight is 220 g/mol. The van der Waals surface area contributed by atoms with Crippen LogP contribution in [0.4, 0.5) is 0 Å². The first-order valence-electron chi connectivity index (χ1n) is 5.70. The van der Waals surface area contributed by atoms with E-state index in [1.807, 2.05) is 4.90 Å². The number of nitrogens with one attached hydrogen (secondary N) is 1. The fourth-order valence-corrected chi connectivity index (χ4v) is 2.08. The molecular weight excluding hydrogens is 204 g/mol. The molecule has 0 aromatic heterocycles. The van der Waals surface area contributed by atoms with Gasteiger partial charge in [0.25, 0.3) is 5.91 Å². The van der Waals surface area contributed by atoms with E-state index in [2.05, 4.69) is 17.2 Å². The van der Waals surface area contributed by atoms with Crippen molar-refractivity contribution >= 4 is 11.8 Å². The van der Waals surface area contributed by atoms with E-state index in [4.69, 9.17) is 0 Å². The van der Waals surface area contributed by atoms with Crippen LogP contribution in [0.5, 0.6) is 0 Å². The highest BCUT2D eigenvalue weighted by atomic mass is 16.2. The highest BCUT2D eigenvalue weighted by molar-refractivity contribution is 5.93. The van der Waals surface area contributed by atoms with Crippen molar-refractivity contribution in [3.8, 4) is 11.8 Å². The molecule has 16 heavy (non-hydrogen) atoms. The number of carbonyl (C=O) groups is 2. The Hall–Kier alpha value is -1.50. The Morgan fingerprint density at radius 1 is 1.56 bits per heavy atom. The molecule has 2 amide bonds. The standard InChI is InChI=1S/C12H16N2O2/c1-2-3-11(15)13-7-9-6-12(16)14(8-9)10-4-5-10/h9-10H,4-8H2,1H3,(H,13,15). The fraction of sp³-hybridized carbons (Fsp3) is 0.667. The average Bonchev–Trinajstić information content (AvgIpc) is 3.01. The summed E-state index contributed by atoms with van der Waals surface area (Å²) in [5.41, 5.74) is 0. The first kappa shape index (κ1) is 11.0. The van der Waals surface area contributed by atoms with Crippen molar-refractivity contribution in [1.29, 1.82) is 0 Å². The summed E-state index contributed by atoms with van der Waals surface area (Å²) in [4.78, 5) is 24.7. The normalized spacial score (nSPS) is 23.9. The zero-order valence-corrected chi connectivity index (χ0v) is 9.45. The van der Waals surface area contributed by atoms with E-state index in [0.717, 1.165) is 19.4 Å². The van der Waals surface area contributed by atoms with Crippen LogP contribution in [-0.4, -0.2) is 35.8 Å². The molecule has 0 bridgehead atoms. The molecule has 2 fully saturated rings. The van der Waals surface area contributed by atoms with Gasteiger partial charge < -0.3 is 10.2 Å². The van der Waals surface area contributed by atoms with E-state index in [0.29, 0.717) is 19.0 Å². The van der Waals surface area contributed by atoms with E-state index in [1.165, 1.54) is 0 Å². The summed E-state index contributed by atoms with van der Waals surface area (Å²) in [7, 11) is 0. The number of rotatable bonds is 3. The lowest BCUT2D eigenvalue weighted by Crippen LogP contribution is -2.31. The molecule has 1 heterocycles. The van der Waals surface area contributed by atoms with Crippen molar-refractivity contribution in [1.82, 2.24) is 10.2 Å². The molecule has 0 aromatic carbocycles. The first-order chi connectivity index (χ1) is 7.70. The van der Waals surface area contributed by atoms with Gasteiger partial charge in [0.2, 0.25) is 5.91 Å². The van der Waals surface area contributed by atoms with Gasteiger partial charge in [-0.1, -0.05) is 5.92 Å². The maximum absolute atomic E-state index is 11.6. The van der Waals surface area contributed by atoms with Crippen molar-refractivity contribution < 1.29 is 9.59 Å². The van der Waals surface area contributed by atoms with Crippen LogP contribution in [0.25, 0.3) is 0 Å². The van der Waals surface area contributed by atoms with Gasteiger partial charge in [-0.3, -0.25) is 9.59 Å². The Morgan fingerprint density at radius 3 is 2.94 bits per heavy atom. The highest BCUT2D eigenvalue weighted by Crippen LogP contribution is 2.32. The summed E-state index contributed by atoms with van der Waals surface area (Å²) >= 11 is 0. The summed E-state index contributed by atoms with van der Waals surface area (Å²) < 4.78 is 0. The van der Waals surface area contributed by atoms with Gasteiger partial charge in [-0.15, -0.1) is 0 Å². The van der Waals surface area contributed by atoms with Crippen molar-refractivity contribution in [3.63, 3.8) is 0 Å².